The van der Waals surface area contributed by atoms with Crippen molar-refractivity contribution in [2.45, 2.75) is 0 Å². The van der Waals surface area contributed by atoms with Gasteiger partial charge in [0.2, 0.25) is 0 Å². The standard InChI is InChI=1S/C26H21N3O2/c30-26(31)21-8-7-9-22(18-21)28-27-19-20-14-16-25(17-15-20)29(23-10-3-1-4-11-23)24-12-5-2-6-13-24/h1-19,28H,(H,30,31)/p-1/b27-19-. The zero-order valence-electron chi connectivity index (χ0n) is 16.7. The van der Waals surface area contributed by atoms with Gasteiger partial charge in [-0.3, -0.25) is 5.43 Å². The van der Waals surface area contributed by atoms with Gasteiger partial charge in [-0.05, 0) is 59.7 Å². The molecule has 0 bridgehead atoms. The number of nitrogens with zero attached hydrogens (tertiary/aromatic N) is 2. The number of para-hydroxylation sites is 2. The number of carbonyl (C=O) groups excluding carboxylic acids is 1. The maximum absolute atomic E-state index is 11.0. The van der Waals surface area contributed by atoms with Crippen molar-refractivity contribution in [3.8, 4) is 0 Å². The monoisotopic (exact) mass is 406 g/mol. The van der Waals surface area contributed by atoms with E-state index in [-0.39, 0.29) is 5.56 Å². The predicted octanol–water partition coefficient (Wildman–Crippen LogP) is 4.97. The van der Waals surface area contributed by atoms with Gasteiger partial charge in [0.05, 0.1) is 17.9 Å². The van der Waals surface area contributed by atoms with Gasteiger partial charge < -0.3 is 14.8 Å². The highest BCUT2D eigenvalue weighted by atomic mass is 16.4. The minimum atomic E-state index is -1.22. The number of hydrogen-bond acceptors (Lipinski definition) is 5. The van der Waals surface area contributed by atoms with Gasteiger partial charge in [-0.2, -0.15) is 5.10 Å². The molecule has 5 heteroatoms. The molecule has 0 spiro atoms. The summed E-state index contributed by atoms with van der Waals surface area (Å²) in [5.74, 6) is -1.22. The van der Waals surface area contributed by atoms with Crippen LogP contribution in [0.25, 0.3) is 0 Å². The maximum atomic E-state index is 11.0. The van der Waals surface area contributed by atoms with Crippen molar-refractivity contribution in [2.24, 2.45) is 5.10 Å². The van der Waals surface area contributed by atoms with Crippen molar-refractivity contribution in [3.63, 3.8) is 0 Å². The van der Waals surface area contributed by atoms with Crippen molar-refractivity contribution >= 4 is 34.9 Å². The lowest BCUT2D eigenvalue weighted by molar-refractivity contribution is -0.255. The Morgan fingerprint density at radius 2 is 1.32 bits per heavy atom. The van der Waals surface area contributed by atoms with Gasteiger partial charge in [-0.15, -0.1) is 0 Å². The molecule has 5 nitrogen and oxygen atoms in total. The summed E-state index contributed by atoms with van der Waals surface area (Å²) in [6.07, 6.45) is 1.69. The van der Waals surface area contributed by atoms with Crippen LogP contribution in [-0.4, -0.2) is 12.2 Å². The zero-order chi connectivity index (χ0) is 21.5. The van der Waals surface area contributed by atoms with Crippen LogP contribution < -0.4 is 15.4 Å². The van der Waals surface area contributed by atoms with E-state index >= 15 is 0 Å². The summed E-state index contributed by atoms with van der Waals surface area (Å²) in [6.45, 7) is 0. The van der Waals surface area contributed by atoms with Crippen LogP contribution in [-0.2, 0) is 0 Å². The normalized spacial score (nSPS) is 10.7. The summed E-state index contributed by atoms with van der Waals surface area (Å²) in [5, 5.41) is 15.2. The second kappa shape index (κ2) is 9.41. The van der Waals surface area contributed by atoms with E-state index in [0.717, 1.165) is 22.6 Å². The fourth-order valence-electron chi connectivity index (χ4n) is 3.21. The molecule has 152 valence electrons. The molecule has 1 N–H and O–H groups in total. The van der Waals surface area contributed by atoms with Gasteiger partial charge >= 0.3 is 0 Å². The van der Waals surface area contributed by atoms with E-state index < -0.39 is 5.97 Å². The third-order valence-electron chi connectivity index (χ3n) is 4.69. The SMILES string of the molecule is O=C([O-])c1cccc(N/N=C\c2ccc(N(c3ccccc3)c3ccccc3)cc2)c1. The molecule has 0 saturated carbocycles. The molecule has 4 aromatic rings. The molecule has 4 rings (SSSR count). The van der Waals surface area contributed by atoms with Crippen LogP contribution in [0.2, 0.25) is 0 Å². The number of benzene rings is 4. The Balaban J connectivity index is 1.53. The first-order valence-corrected chi connectivity index (χ1v) is 9.81. The third-order valence-corrected chi connectivity index (χ3v) is 4.69. The predicted molar refractivity (Wildman–Crippen MR) is 123 cm³/mol. The Labute approximate surface area is 180 Å². The molecule has 0 heterocycles. The highest BCUT2D eigenvalue weighted by Crippen LogP contribution is 2.33. The summed E-state index contributed by atoms with van der Waals surface area (Å²) in [6, 6.07) is 34.8. The molecule has 0 fully saturated rings. The van der Waals surface area contributed by atoms with E-state index in [1.165, 1.54) is 12.1 Å². The van der Waals surface area contributed by atoms with Crippen molar-refractivity contribution in [3.05, 3.63) is 120 Å². The Kier molecular flexibility index (Phi) is 6.05. The van der Waals surface area contributed by atoms with E-state index in [4.69, 9.17) is 0 Å². The first kappa shape index (κ1) is 19.9. The van der Waals surface area contributed by atoms with Crippen LogP contribution in [0.4, 0.5) is 22.7 Å². The fourth-order valence-corrected chi connectivity index (χ4v) is 3.21. The minimum absolute atomic E-state index is 0.103. The van der Waals surface area contributed by atoms with Gasteiger partial charge in [-0.1, -0.05) is 60.7 Å². The van der Waals surface area contributed by atoms with Gasteiger partial charge in [0.15, 0.2) is 0 Å². The van der Waals surface area contributed by atoms with Crippen LogP contribution >= 0.6 is 0 Å². The number of carbonyl (C=O) groups is 1. The average molecular weight is 406 g/mol. The van der Waals surface area contributed by atoms with E-state index in [1.54, 1.807) is 18.3 Å². The Hall–Kier alpha value is -4.38. The summed E-state index contributed by atoms with van der Waals surface area (Å²) in [4.78, 5) is 13.1. The lowest BCUT2D eigenvalue weighted by Gasteiger charge is -2.25. The Morgan fingerprint density at radius 3 is 1.90 bits per heavy atom. The number of carboxylic acids is 1. The molecule has 0 saturated heterocycles. The molecule has 31 heavy (non-hydrogen) atoms. The number of nitrogens with one attached hydrogen (secondary N) is 1. The topological polar surface area (TPSA) is 67.8 Å². The largest absolute Gasteiger partial charge is 0.545 e. The van der Waals surface area contributed by atoms with E-state index in [9.17, 15) is 9.90 Å². The van der Waals surface area contributed by atoms with Gasteiger partial charge in [0.25, 0.3) is 0 Å². The highest BCUT2D eigenvalue weighted by Gasteiger charge is 2.11. The van der Waals surface area contributed by atoms with Crippen LogP contribution in [0.5, 0.6) is 0 Å². The molecule has 0 aliphatic carbocycles. The number of hydrogen-bond donors (Lipinski definition) is 1. The van der Waals surface area contributed by atoms with E-state index in [1.807, 2.05) is 60.7 Å². The maximum Gasteiger partial charge on any atom is 0.0716 e. The second-order valence-corrected chi connectivity index (χ2v) is 6.84. The molecular weight excluding hydrogens is 386 g/mol. The molecule has 0 unspecified atom stereocenters. The van der Waals surface area contributed by atoms with Gasteiger partial charge in [0, 0.05) is 17.1 Å². The number of hydrazone groups is 1. The molecule has 0 amide bonds. The smallest absolute Gasteiger partial charge is 0.0716 e. The molecule has 4 aromatic carbocycles. The molecule has 0 atom stereocenters. The molecule has 0 aromatic heterocycles. The Bertz CT molecular complexity index is 1130. The lowest BCUT2D eigenvalue weighted by Crippen LogP contribution is -2.22. The number of aromatic carboxylic acids is 1. The van der Waals surface area contributed by atoms with Crippen LogP contribution in [0.15, 0.2) is 114 Å². The molecule has 0 aliphatic rings. The molecule has 0 aliphatic heterocycles. The average Bonchev–Trinajstić information content (AvgIpc) is 2.82. The minimum Gasteiger partial charge on any atom is -0.545 e. The number of anilines is 4. The zero-order valence-corrected chi connectivity index (χ0v) is 16.7. The summed E-state index contributed by atoms with van der Waals surface area (Å²) in [7, 11) is 0. The van der Waals surface area contributed by atoms with Gasteiger partial charge in [0.1, 0.15) is 0 Å². The Morgan fingerprint density at radius 1 is 0.742 bits per heavy atom. The van der Waals surface area contributed by atoms with E-state index in [2.05, 4.69) is 39.7 Å². The number of rotatable bonds is 7. The summed E-state index contributed by atoms with van der Waals surface area (Å²) in [5.41, 5.74) is 7.62. The van der Waals surface area contributed by atoms with Crippen molar-refractivity contribution in [1.82, 2.24) is 0 Å². The highest BCUT2D eigenvalue weighted by molar-refractivity contribution is 5.87. The summed E-state index contributed by atoms with van der Waals surface area (Å²) >= 11 is 0. The molecule has 0 radical (unpaired) electrons. The summed E-state index contributed by atoms with van der Waals surface area (Å²) < 4.78 is 0. The third kappa shape index (κ3) is 4.97. The second-order valence-electron chi connectivity index (χ2n) is 6.84. The van der Waals surface area contributed by atoms with Crippen molar-refractivity contribution in [1.29, 1.82) is 0 Å². The molecular formula is C26H20N3O2-. The quantitative estimate of drug-likeness (QED) is 0.348. The van der Waals surface area contributed by atoms with Crippen LogP contribution in [0.3, 0.4) is 0 Å². The van der Waals surface area contributed by atoms with Crippen molar-refractivity contribution in [2.75, 3.05) is 10.3 Å². The van der Waals surface area contributed by atoms with Crippen LogP contribution in [0.1, 0.15) is 15.9 Å². The fraction of sp³-hybridized carbons (Fsp3) is 0. The van der Waals surface area contributed by atoms with Gasteiger partial charge in [-0.25, -0.2) is 0 Å². The first-order valence-electron chi connectivity index (χ1n) is 9.81. The number of carboxylic acid groups (broad SMARTS) is 1. The van der Waals surface area contributed by atoms with Crippen molar-refractivity contribution < 1.29 is 9.90 Å². The first-order chi connectivity index (χ1) is 15.2. The lowest BCUT2D eigenvalue weighted by atomic mass is 10.1. The van der Waals surface area contributed by atoms with E-state index in [0.29, 0.717) is 5.69 Å². The van der Waals surface area contributed by atoms with Crippen LogP contribution in [0, 0.1) is 0 Å².